The molecule has 6 nitrogen and oxygen atoms in total. The molecule has 0 saturated heterocycles. The summed E-state index contributed by atoms with van der Waals surface area (Å²) in [7, 11) is -4.00. The number of amides is 2. The lowest BCUT2D eigenvalue weighted by Gasteiger charge is -2.18. The van der Waals surface area contributed by atoms with E-state index in [1.54, 1.807) is 12.1 Å². The molecule has 4 rings (SSSR count). The van der Waals surface area contributed by atoms with Crippen LogP contribution in [0.2, 0.25) is 0 Å². The van der Waals surface area contributed by atoms with Crippen LogP contribution in [0, 0.1) is 0 Å². The van der Waals surface area contributed by atoms with Gasteiger partial charge < -0.3 is 5.32 Å². The van der Waals surface area contributed by atoms with Gasteiger partial charge in [-0.3, -0.25) is 9.59 Å². The van der Waals surface area contributed by atoms with Crippen molar-refractivity contribution in [3.05, 3.63) is 90.0 Å². The van der Waals surface area contributed by atoms with Crippen molar-refractivity contribution in [2.24, 2.45) is 0 Å². The highest BCUT2D eigenvalue weighted by atomic mass is 32.2. The van der Waals surface area contributed by atoms with Crippen molar-refractivity contribution in [3.8, 4) is 11.1 Å². The van der Waals surface area contributed by atoms with Crippen LogP contribution in [-0.4, -0.2) is 31.1 Å². The number of hydrogen-bond acceptors (Lipinski definition) is 4. The van der Waals surface area contributed by atoms with E-state index in [0.29, 0.717) is 4.31 Å². The minimum Gasteiger partial charge on any atom is -0.348 e. The van der Waals surface area contributed by atoms with Gasteiger partial charge in [0.25, 0.3) is 15.9 Å². The average molecular weight is 420 g/mol. The maximum absolute atomic E-state index is 12.6. The van der Waals surface area contributed by atoms with E-state index >= 15 is 0 Å². The summed E-state index contributed by atoms with van der Waals surface area (Å²) in [5, 5.41) is 2.77. The highest BCUT2D eigenvalue weighted by Crippen LogP contribution is 2.29. The predicted molar refractivity (Wildman–Crippen MR) is 113 cm³/mol. The van der Waals surface area contributed by atoms with E-state index in [2.05, 4.69) is 5.32 Å². The molecule has 0 aliphatic carbocycles. The second kappa shape index (κ2) is 7.76. The lowest BCUT2D eigenvalue weighted by Crippen LogP contribution is -2.41. The van der Waals surface area contributed by atoms with E-state index in [9.17, 15) is 18.0 Å². The molecule has 0 saturated carbocycles. The number of carbonyl (C=O) groups excluding carboxylic acids is 2. The Balaban J connectivity index is 1.44. The number of nitrogens with zero attached hydrogens (tertiary/aromatic N) is 1. The zero-order chi connectivity index (χ0) is 21.3. The Bertz CT molecular complexity index is 1210. The Morgan fingerprint density at radius 2 is 1.50 bits per heavy atom. The van der Waals surface area contributed by atoms with Crippen molar-refractivity contribution < 1.29 is 18.0 Å². The van der Waals surface area contributed by atoms with Crippen LogP contribution < -0.4 is 5.32 Å². The van der Waals surface area contributed by atoms with Crippen molar-refractivity contribution in [1.29, 1.82) is 0 Å². The van der Waals surface area contributed by atoms with E-state index in [1.165, 1.54) is 12.1 Å². The van der Waals surface area contributed by atoms with Crippen LogP contribution in [0.5, 0.6) is 0 Å². The molecule has 0 unspecified atom stereocenters. The van der Waals surface area contributed by atoms with Gasteiger partial charge >= 0.3 is 0 Å². The smallest absolute Gasteiger partial charge is 0.269 e. The molecule has 152 valence electrons. The van der Waals surface area contributed by atoms with Gasteiger partial charge in [0, 0.05) is 0 Å². The predicted octanol–water partition coefficient (Wildman–Crippen LogP) is 3.38. The van der Waals surface area contributed by atoms with Crippen LogP contribution in [0.3, 0.4) is 0 Å². The maximum Gasteiger partial charge on any atom is 0.269 e. The van der Waals surface area contributed by atoms with E-state index in [0.717, 1.165) is 16.7 Å². The van der Waals surface area contributed by atoms with Gasteiger partial charge in [-0.1, -0.05) is 66.7 Å². The molecule has 3 aromatic carbocycles. The molecule has 0 fully saturated rings. The highest BCUT2D eigenvalue weighted by molar-refractivity contribution is 7.90. The fourth-order valence-corrected chi connectivity index (χ4v) is 5.01. The summed E-state index contributed by atoms with van der Waals surface area (Å²) in [5.41, 5.74) is 3.12. The first-order valence-corrected chi connectivity index (χ1v) is 10.9. The van der Waals surface area contributed by atoms with Gasteiger partial charge in [0.05, 0.1) is 11.6 Å². The molecular formula is C23H20N2O4S. The zero-order valence-electron chi connectivity index (χ0n) is 16.3. The van der Waals surface area contributed by atoms with Gasteiger partial charge in [0.1, 0.15) is 11.4 Å². The molecule has 3 aromatic rings. The molecule has 1 aliphatic heterocycles. The van der Waals surface area contributed by atoms with Crippen molar-refractivity contribution >= 4 is 21.8 Å². The van der Waals surface area contributed by atoms with Gasteiger partial charge in [-0.15, -0.1) is 0 Å². The Morgan fingerprint density at radius 1 is 0.900 bits per heavy atom. The monoisotopic (exact) mass is 420 g/mol. The van der Waals surface area contributed by atoms with Crippen molar-refractivity contribution in [1.82, 2.24) is 9.62 Å². The van der Waals surface area contributed by atoms with Crippen LogP contribution in [0.15, 0.2) is 83.8 Å². The molecule has 0 radical (unpaired) electrons. The first kappa shape index (κ1) is 19.8. The minimum atomic E-state index is -4.00. The summed E-state index contributed by atoms with van der Waals surface area (Å²) < 4.78 is 25.8. The summed E-state index contributed by atoms with van der Waals surface area (Å²) in [6.45, 7) is 1.26. The van der Waals surface area contributed by atoms with Crippen molar-refractivity contribution in [2.75, 3.05) is 6.54 Å². The van der Waals surface area contributed by atoms with Gasteiger partial charge in [-0.05, 0) is 35.7 Å². The molecule has 1 N–H and O–H groups in total. The van der Waals surface area contributed by atoms with Crippen molar-refractivity contribution in [2.45, 2.75) is 17.9 Å². The van der Waals surface area contributed by atoms with E-state index < -0.39 is 28.4 Å². The average Bonchev–Trinajstić information content (AvgIpc) is 2.95. The Labute approximate surface area is 175 Å². The Hall–Kier alpha value is -3.45. The number of rotatable bonds is 5. The van der Waals surface area contributed by atoms with Crippen molar-refractivity contribution in [3.63, 3.8) is 0 Å². The molecular weight excluding hydrogens is 400 g/mol. The van der Waals surface area contributed by atoms with E-state index in [4.69, 9.17) is 0 Å². The fourth-order valence-electron chi connectivity index (χ4n) is 3.48. The highest BCUT2D eigenvalue weighted by Gasteiger charge is 2.41. The van der Waals surface area contributed by atoms with Crippen LogP contribution in [-0.2, 0) is 14.8 Å². The number of sulfonamides is 1. The lowest BCUT2D eigenvalue weighted by molar-refractivity contribution is -0.121. The summed E-state index contributed by atoms with van der Waals surface area (Å²) in [4.78, 5) is 24.9. The number of hydrogen-bond donors (Lipinski definition) is 1. The summed E-state index contributed by atoms with van der Waals surface area (Å²) in [5.74, 6) is -1.22. The minimum absolute atomic E-state index is 0.0626. The molecule has 0 bridgehead atoms. The summed E-state index contributed by atoms with van der Waals surface area (Å²) in [6.07, 6.45) is 0. The molecule has 1 atom stereocenters. The number of nitrogens with one attached hydrogen (secondary N) is 1. The SMILES string of the molecule is C[C@H](NC(=O)CN1C(=O)c2ccccc2S1(=O)=O)c1ccc(-c2ccccc2)cc1. The van der Waals surface area contributed by atoms with E-state index in [-0.39, 0.29) is 16.5 Å². The number of benzene rings is 3. The lowest BCUT2D eigenvalue weighted by atomic mass is 10.0. The van der Waals surface area contributed by atoms with Crippen LogP contribution in [0.25, 0.3) is 11.1 Å². The fraction of sp³-hybridized carbons (Fsp3) is 0.130. The van der Waals surface area contributed by atoms with Crippen LogP contribution in [0.4, 0.5) is 0 Å². The zero-order valence-corrected chi connectivity index (χ0v) is 17.1. The number of fused-ring (bicyclic) bond motifs is 1. The topological polar surface area (TPSA) is 83.6 Å². The third-order valence-corrected chi connectivity index (χ3v) is 6.88. The molecule has 2 amide bonds. The third kappa shape index (κ3) is 3.59. The summed E-state index contributed by atoms with van der Waals surface area (Å²) in [6, 6.07) is 23.3. The first-order chi connectivity index (χ1) is 14.4. The van der Waals surface area contributed by atoms with Gasteiger partial charge in [0.2, 0.25) is 5.91 Å². The Morgan fingerprint density at radius 3 is 2.17 bits per heavy atom. The second-order valence-corrected chi connectivity index (χ2v) is 8.92. The normalized spacial score (nSPS) is 15.5. The van der Waals surface area contributed by atoms with Crippen LogP contribution in [0.1, 0.15) is 28.9 Å². The van der Waals surface area contributed by atoms with Gasteiger partial charge in [0.15, 0.2) is 0 Å². The standard InChI is InChI=1S/C23H20N2O4S/c1-16(17-11-13-19(14-12-17)18-7-3-2-4-8-18)24-22(26)15-25-23(27)20-9-5-6-10-21(20)30(25,28)29/h2-14,16H,15H2,1H3,(H,24,26)/t16-/m0/s1. The largest absolute Gasteiger partial charge is 0.348 e. The van der Waals surface area contributed by atoms with Crippen LogP contribution >= 0.6 is 0 Å². The Kier molecular flexibility index (Phi) is 5.13. The third-order valence-electron chi connectivity index (χ3n) is 5.09. The maximum atomic E-state index is 12.6. The summed E-state index contributed by atoms with van der Waals surface area (Å²) >= 11 is 0. The number of carbonyl (C=O) groups is 2. The first-order valence-electron chi connectivity index (χ1n) is 9.49. The molecule has 7 heteroatoms. The quantitative estimate of drug-likeness (QED) is 0.686. The molecule has 1 aliphatic rings. The molecule has 0 aromatic heterocycles. The van der Waals surface area contributed by atoms with Gasteiger partial charge in [-0.25, -0.2) is 12.7 Å². The van der Waals surface area contributed by atoms with Gasteiger partial charge in [-0.2, -0.15) is 0 Å². The second-order valence-electron chi connectivity index (χ2n) is 7.09. The molecule has 30 heavy (non-hydrogen) atoms. The molecule has 1 heterocycles. The molecule has 0 spiro atoms. The van der Waals surface area contributed by atoms with E-state index in [1.807, 2.05) is 61.5 Å².